The third kappa shape index (κ3) is 4.44. The molecule has 0 bridgehead atoms. The minimum Gasteiger partial charge on any atom is -0.416 e. The first-order valence-corrected chi connectivity index (χ1v) is 10.5. The maximum atomic E-state index is 12.7. The maximum Gasteiger partial charge on any atom is 0.277 e. The molecule has 0 fully saturated rings. The number of carbonyl (C=O) groups excluding carboxylic acids is 1. The van der Waals surface area contributed by atoms with Crippen molar-refractivity contribution >= 4 is 17.7 Å². The van der Waals surface area contributed by atoms with Crippen molar-refractivity contribution in [2.24, 2.45) is 0 Å². The molecule has 0 saturated carbocycles. The fourth-order valence-electron chi connectivity index (χ4n) is 3.53. The number of aromatic nitrogens is 2. The van der Waals surface area contributed by atoms with Crippen LogP contribution in [-0.2, 0) is 17.6 Å². The maximum absolute atomic E-state index is 12.7. The Balaban J connectivity index is 1.35. The summed E-state index contributed by atoms with van der Waals surface area (Å²) in [5.41, 5.74) is 3.69. The van der Waals surface area contributed by atoms with Crippen molar-refractivity contribution in [1.82, 2.24) is 15.5 Å². The zero-order valence-corrected chi connectivity index (χ0v) is 16.6. The molecule has 1 heterocycles. The lowest BCUT2D eigenvalue weighted by Crippen LogP contribution is -2.35. The Morgan fingerprint density at radius 3 is 2.82 bits per heavy atom. The zero-order valence-electron chi connectivity index (χ0n) is 15.8. The molecule has 1 amide bonds. The summed E-state index contributed by atoms with van der Waals surface area (Å²) in [6, 6.07) is 18.4. The second-order valence-electron chi connectivity index (χ2n) is 7.04. The summed E-state index contributed by atoms with van der Waals surface area (Å²) >= 11 is 1.30. The summed E-state index contributed by atoms with van der Waals surface area (Å²) in [6.07, 6.45) is 3.74. The van der Waals surface area contributed by atoms with Gasteiger partial charge in [0.1, 0.15) is 0 Å². The van der Waals surface area contributed by atoms with Gasteiger partial charge in [0.15, 0.2) is 0 Å². The highest BCUT2D eigenvalue weighted by Gasteiger charge is 2.25. The lowest BCUT2D eigenvalue weighted by Gasteiger charge is -2.27. The number of hydrogen-bond donors (Lipinski definition) is 1. The van der Waals surface area contributed by atoms with Crippen LogP contribution < -0.4 is 5.32 Å². The highest BCUT2D eigenvalue weighted by atomic mass is 32.2. The number of carbonyl (C=O) groups is 1. The Labute approximate surface area is 168 Å². The molecule has 144 valence electrons. The fourth-order valence-corrected chi connectivity index (χ4v) is 4.24. The highest BCUT2D eigenvalue weighted by Crippen LogP contribution is 2.30. The van der Waals surface area contributed by atoms with Gasteiger partial charge in [-0.3, -0.25) is 4.79 Å². The Morgan fingerprint density at radius 1 is 1.18 bits per heavy atom. The predicted molar refractivity (Wildman–Crippen MR) is 109 cm³/mol. The number of rotatable bonds is 6. The van der Waals surface area contributed by atoms with Crippen LogP contribution >= 0.6 is 11.8 Å². The van der Waals surface area contributed by atoms with E-state index in [1.807, 2.05) is 43.3 Å². The van der Waals surface area contributed by atoms with Crippen LogP contribution in [-0.4, -0.2) is 21.4 Å². The quantitative estimate of drug-likeness (QED) is 0.631. The number of amides is 1. The van der Waals surface area contributed by atoms with Gasteiger partial charge in [0.05, 0.1) is 17.7 Å². The van der Waals surface area contributed by atoms with E-state index in [1.165, 1.54) is 22.9 Å². The summed E-state index contributed by atoms with van der Waals surface area (Å²) in [5, 5.41) is 11.5. The monoisotopic (exact) mass is 393 g/mol. The van der Waals surface area contributed by atoms with E-state index < -0.39 is 0 Å². The molecule has 1 N–H and O–H groups in total. The van der Waals surface area contributed by atoms with Gasteiger partial charge in [-0.1, -0.05) is 66.4 Å². The van der Waals surface area contributed by atoms with E-state index in [2.05, 4.69) is 33.7 Å². The van der Waals surface area contributed by atoms with Crippen molar-refractivity contribution in [2.75, 3.05) is 0 Å². The molecule has 4 rings (SSSR count). The summed E-state index contributed by atoms with van der Waals surface area (Å²) in [4.78, 5) is 12.7. The van der Waals surface area contributed by atoms with E-state index in [4.69, 9.17) is 4.42 Å². The third-order valence-electron chi connectivity index (χ3n) is 4.98. The van der Waals surface area contributed by atoms with Gasteiger partial charge in [-0.05, 0) is 42.9 Å². The van der Waals surface area contributed by atoms with E-state index in [-0.39, 0.29) is 17.2 Å². The number of fused-ring (bicyclic) bond motifs is 1. The number of nitrogens with zero attached hydrogens (tertiary/aromatic N) is 2. The van der Waals surface area contributed by atoms with Gasteiger partial charge >= 0.3 is 0 Å². The van der Waals surface area contributed by atoms with E-state index >= 15 is 0 Å². The Morgan fingerprint density at radius 2 is 1.96 bits per heavy atom. The molecule has 0 saturated heterocycles. The molecule has 1 aliphatic carbocycles. The topological polar surface area (TPSA) is 68.0 Å². The van der Waals surface area contributed by atoms with Gasteiger partial charge in [0.25, 0.3) is 5.22 Å². The van der Waals surface area contributed by atoms with Crippen LogP contribution in [0.4, 0.5) is 0 Å². The molecule has 2 atom stereocenters. The van der Waals surface area contributed by atoms with Crippen molar-refractivity contribution in [3.63, 3.8) is 0 Å². The summed E-state index contributed by atoms with van der Waals surface area (Å²) in [5.74, 6) is 0.553. The average molecular weight is 394 g/mol. The minimum atomic E-state index is -0.306. The predicted octanol–water partition coefficient (Wildman–Crippen LogP) is 4.33. The van der Waals surface area contributed by atoms with Gasteiger partial charge < -0.3 is 9.73 Å². The third-order valence-corrected chi connectivity index (χ3v) is 5.91. The Kier molecular flexibility index (Phi) is 5.76. The zero-order chi connectivity index (χ0) is 19.3. The van der Waals surface area contributed by atoms with Gasteiger partial charge in [-0.2, -0.15) is 0 Å². The van der Waals surface area contributed by atoms with Crippen molar-refractivity contribution in [3.8, 4) is 0 Å². The molecule has 1 aromatic heterocycles. The molecule has 2 aromatic carbocycles. The van der Waals surface area contributed by atoms with E-state index in [1.54, 1.807) is 0 Å². The van der Waals surface area contributed by atoms with Crippen molar-refractivity contribution in [1.29, 1.82) is 0 Å². The van der Waals surface area contributed by atoms with Gasteiger partial charge in [0, 0.05) is 0 Å². The fraction of sp³-hybridized carbons (Fsp3) is 0.318. The van der Waals surface area contributed by atoms with E-state index in [9.17, 15) is 4.79 Å². The Hall–Kier alpha value is -2.60. The first-order valence-electron chi connectivity index (χ1n) is 9.60. The van der Waals surface area contributed by atoms with Crippen LogP contribution in [0.5, 0.6) is 0 Å². The molecule has 0 unspecified atom stereocenters. The van der Waals surface area contributed by atoms with Crippen molar-refractivity contribution in [3.05, 3.63) is 77.2 Å². The molecular formula is C22H23N3O2S. The molecule has 28 heavy (non-hydrogen) atoms. The standard InChI is InChI=1S/C22H23N3O2S/c1-15(21(26)23-19-13-7-11-17-10-5-6-12-18(17)19)28-22-25-24-20(27-22)14-16-8-3-2-4-9-16/h2-6,8-10,12,15,19H,7,11,13-14H2,1H3,(H,23,26)/t15-,19+/m0/s1. The van der Waals surface area contributed by atoms with Crippen molar-refractivity contribution < 1.29 is 9.21 Å². The van der Waals surface area contributed by atoms with Crippen LogP contribution in [0, 0.1) is 0 Å². The number of benzene rings is 2. The van der Waals surface area contributed by atoms with Crippen molar-refractivity contribution in [2.45, 2.75) is 49.1 Å². The summed E-state index contributed by atoms with van der Waals surface area (Å²) < 4.78 is 5.72. The largest absolute Gasteiger partial charge is 0.416 e. The van der Waals surface area contributed by atoms with Gasteiger partial charge in [0.2, 0.25) is 11.8 Å². The molecular weight excluding hydrogens is 370 g/mol. The second kappa shape index (κ2) is 8.61. The second-order valence-corrected chi connectivity index (χ2v) is 8.33. The molecule has 0 aliphatic heterocycles. The molecule has 6 heteroatoms. The SMILES string of the molecule is C[C@H](Sc1nnc(Cc2ccccc2)o1)C(=O)N[C@@H]1CCCc2ccccc21. The van der Waals surface area contributed by atoms with Gasteiger partial charge in [-0.15, -0.1) is 10.2 Å². The average Bonchev–Trinajstić information content (AvgIpc) is 3.15. The number of thioether (sulfide) groups is 1. The van der Waals surface area contributed by atoms with E-state index in [0.29, 0.717) is 17.5 Å². The van der Waals surface area contributed by atoms with E-state index in [0.717, 1.165) is 24.8 Å². The Bertz CT molecular complexity index is 942. The van der Waals surface area contributed by atoms with Gasteiger partial charge in [-0.25, -0.2) is 0 Å². The first-order chi connectivity index (χ1) is 13.7. The molecule has 3 aromatic rings. The molecule has 0 spiro atoms. The number of aryl methyl sites for hydroxylation is 1. The van der Waals surface area contributed by atoms with Crippen LogP contribution in [0.3, 0.4) is 0 Å². The number of hydrogen-bond acceptors (Lipinski definition) is 5. The smallest absolute Gasteiger partial charge is 0.277 e. The van der Waals surface area contributed by atoms with Crippen LogP contribution in [0.25, 0.3) is 0 Å². The summed E-state index contributed by atoms with van der Waals surface area (Å²) in [6.45, 7) is 1.87. The molecule has 5 nitrogen and oxygen atoms in total. The van der Waals surface area contributed by atoms with Crippen LogP contribution in [0.2, 0.25) is 0 Å². The lowest BCUT2D eigenvalue weighted by molar-refractivity contribution is -0.121. The molecule has 0 radical (unpaired) electrons. The number of nitrogens with one attached hydrogen (secondary N) is 1. The summed E-state index contributed by atoms with van der Waals surface area (Å²) in [7, 11) is 0. The van der Waals surface area contributed by atoms with Crippen LogP contribution in [0.15, 0.2) is 64.2 Å². The molecule has 1 aliphatic rings. The first kappa shape index (κ1) is 18.7. The van der Waals surface area contributed by atoms with Crippen LogP contribution in [0.1, 0.15) is 48.4 Å². The highest BCUT2D eigenvalue weighted by molar-refractivity contribution is 8.00. The minimum absolute atomic E-state index is 0.00508. The lowest BCUT2D eigenvalue weighted by atomic mass is 9.88. The normalized spacial score (nSPS) is 17.0.